The third-order valence-electron chi connectivity index (χ3n) is 1.31. The van der Waals surface area contributed by atoms with Gasteiger partial charge in [0, 0.05) is 7.05 Å². The predicted octanol–water partition coefficient (Wildman–Crippen LogP) is 1.24. The van der Waals surface area contributed by atoms with Crippen LogP contribution in [0.4, 0.5) is 0 Å². The fourth-order valence-corrected chi connectivity index (χ4v) is 1.31. The van der Waals surface area contributed by atoms with Gasteiger partial charge in [-0.3, -0.25) is 4.68 Å². The molecule has 0 aliphatic carbocycles. The van der Waals surface area contributed by atoms with Gasteiger partial charge in [-0.05, 0) is 28.9 Å². The molecule has 0 spiro atoms. The highest BCUT2D eigenvalue weighted by Gasteiger charge is 2.06. The Labute approximate surface area is 67.8 Å². The van der Waals surface area contributed by atoms with Gasteiger partial charge >= 0.3 is 0 Å². The van der Waals surface area contributed by atoms with Crippen LogP contribution in [-0.4, -0.2) is 14.9 Å². The smallest absolute Gasteiger partial charge is 0.128 e. The first-order chi connectivity index (χ1) is 4.61. The second-order valence-corrected chi connectivity index (χ2v) is 3.00. The molecule has 0 saturated carbocycles. The molecule has 0 aliphatic heterocycles. The van der Waals surface area contributed by atoms with E-state index in [1.807, 2.05) is 0 Å². The van der Waals surface area contributed by atoms with Crippen molar-refractivity contribution in [2.45, 2.75) is 13.0 Å². The molecule has 0 aliphatic rings. The molecule has 1 unspecified atom stereocenters. The Bertz CT molecular complexity index is 232. The van der Waals surface area contributed by atoms with Gasteiger partial charge in [-0.2, -0.15) is 5.10 Å². The Kier molecular flexibility index (Phi) is 2.11. The zero-order valence-corrected chi connectivity index (χ0v) is 7.46. The SMILES string of the molecule is CC(O)c1cc(Br)nn1C. The lowest BCUT2D eigenvalue weighted by atomic mass is 10.3. The summed E-state index contributed by atoms with van der Waals surface area (Å²) in [5.41, 5.74) is 0.812. The number of hydrogen-bond acceptors (Lipinski definition) is 2. The summed E-state index contributed by atoms with van der Waals surface area (Å²) < 4.78 is 2.40. The molecule has 10 heavy (non-hydrogen) atoms. The zero-order chi connectivity index (χ0) is 7.72. The van der Waals surface area contributed by atoms with Gasteiger partial charge in [0.1, 0.15) is 4.60 Å². The van der Waals surface area contributed by atoms with Crippen molar-refractivity contribution in [3.63, 3.8) is 0 Å². The van der Waals surface area contributed by atoms with Crippen molar-refractivity contribution in [2.75, 3.05) is 0 Å². The molecule has 1 N–H and O–H groups in total. The fourth-order valence-electron chi connectivity index (χ4n) is 0.836. The second-order valence-electron chi connectivity index (χ2n) is 2.19. The maximum absolute atomic E-state index is 9.14. The quantitative estimate of drug-likeness (QED) is 0.748. The molecule has 0 radical (unpaired) electrons. The van der Waals surface area contributed by atoms with Gasteiger partial charge in [0.2, 0.25) is 0 Å². The summed E-state index contributed by atoms with van der Waals surface area (Å²) in [4.78, 5) is 0. The lowest BCUT2D eigenvalue weighted by Crippen LogP contribution is -2.00. The summed E-state index contributed by atoms with van der Waals surface area (Å²) in [6.07, 6.45) is -0.455. The Morgan fingerprint density at radius 3 is 2.60 bits per heavy atom. The maximum atomic E-state index is 9.14. The molecule has 4 heteroatoms. The maximum Gasteiger partial charge on any atom is 0.128 e. The molecule has 0 saturated heterocycles. The van der Waals surface area contributed by atoms with Gasteiger partial charge in [0.05, 0.1) is 11.8 Å². The predicted molar refractivity (Wildman–Crippen MR) is 41.5 cm³/mol. The van der Waals surface area contributed by atoms with E-state index >= 15 is 0 Å². The largest absolute Gasteiger partial charge is 0.387 e. The minimum atomic E-state index is -0.455. The van der Waals surface area contributed by atoms with Crippen LogP contribution in [0.1, 0.15) is 18.7 Å². The first-order valence-corrected chi connectivity index (χ1v) is 3.78. The number of aliphatic hydroxyl groups excluding tert-OH is 1. The zero-order valence-electron chi connectivity index (χ0n) is 5.87. The number of aryl methyl sites for hydroxylation is 1. The van der Waals surface area contributed by atoms with Crippen LogP contribution in [0.15, 0.2) is 10.7 Å². The molecule has 0 aromatic carbocycles. The van der Waals surface area contributed by atoms with Gasteiger partial charge in [0.25, 0.3) is 0 Å². The third kappa shape index (κ3) is 1.38. The normalized spacial score (nSPS) is 13.6. The summed E-state index contributed by atoms with van der Waals surface area (Å²) >= 11 is 3.21. The summed E-state index contributed by atoms with van der Waals surface area (Å²) in [7, 11) is 1.80. The highest BCUT2D eigenvalue weighted by atomic mass is 79.9. The molecule has 1 heterocycles. The van der Waals surface area contributed by atoms with Crippen molar-refractivity contribution < 1.29 is 5.11 Å². The Morgan fingerprint density at radius 2 is 2.40 bits per heavy atom. The number of halogens is 1. The molecule has 0 fully saturated rings. The first kappa shape index (κ1) is 7.75. The fraction of sp³-hybridized carbons (Fsp3) is 0.500. The van der Waals surface area contributed by atoms with Crippen LogP contribution in [0.25, 0.3) is 0 Å². The van der Waals surface area contributed by atoms with E-state index in [0.717, 1.165) is 10.3 Å². The topological polar surface area (TPSA) is 38.1 Å². The van der Waals surface area contributed by atoms with Crippen molar-refractivity contribution in [3.05, 3.63) is 16.4 Å². The van der Waals surface area contributed by atoms with Crippen LogP contribution in [0, 0.1) is 0 Å². The van der Waals surface area contributed by atoms with E-state index in [1.165, 1.54) is 0 Å². The Morgan fingerprint density at radius 1 is 1.80 bits per heavy atom. The monoisotopic (exact) mass is 204 g/mol. The van der Waals surface area contributed by atoms with E-state index in [1.54, 1.807) is 24.7 Å². The van der Waals surface area contributed by atoms with E-state index < -0.39 is 6.10 Å². The summed E-state index contributed by atoms with van der Waals surface area (Å²) in [6.45, 7) is 1.71. The van der Waals surface area contributed by atoms with E-state index in [9.17, 15) is 0 Å². The molecule has 56 valence electrons. The van der Waals surface area contributed by atoms with Crippen LogP contribution >= 0.6 is 15.9 Å². The van der Waals surface area contributed by atoms with E-state index in [-0.39, 0.29) is 0 Å². The molecule has 1 rings (SSSR count). The molecule has 1 atom stereocenters. The van der Waals surface area contributed by atoms with E-state index in [4.69, 9.17) is 5.11 Å². The summed E-state index contributed by atoms with van der Waals surface area (Å²) in [6, 6.07) is 1.80. The van der Waals surface area contributed by atoms with E-state index in [0.29, 0.717) is 0 Å². The molecule has 3 nitrogen and oxygen atoms in total. The molecular formula is C6H9BrN2O. The van der Waals surface area contributed by atoms with Crippen LogP contribution in [0.3, 0.4) is 0 Å². The van der Waals surface area contributed by atoms with Crippen molar-refractivity contribution in [1.82, 2.24) is 9.78 Å². The average molecular weight is 205 g/mol. The lowest BCUT2D eigenvalue weighted by Gasteiger charge is -2.01. The van der Waals surface area contributed by atoms with Crippen molar-refractivity contribution >= 4 is 15.9 Å². The van der Waals surface area contributed by atoms with Crippen LogP contribution in [0.2, 0.25) is 0 Å². The lowest BCUT2D eigenvalue weighted by molar-refractivity contribution is 0.189. The molecule has 1 aromatic rings. The Balaban J connectivity index is 3.03. The van der Waals surface area contributed by atoms with Gasteiger partial charge in [-0.1, -0.05) is 0 Å². The van der Waals surface area contributed by atoms with E-state index in [2.05, 4.69) is 21.0 Å². The van der Waals surface area contributed by atoms with Gasteiger partial charge < -0.3 is 5.11 Å². The van der Waals surface area contributed by atoms with Crippen molar-refractivity contribution in [1.29, 1.82) is 0 Å². The summed E-state index contributed by atoms with van der Waals surface area (Å²) in [5.74, 6) is 0. The molecule has 0 bridgehead atoms. The van der Waals surface area contributed by atoms with Crippen LogP contribution in [0.5, 0.6) is 0 Å². The minimum Gasteiger partial charge on any atom is -0.387 e. The van der Waals surface area contributed by atoms with Gasteiger partial charge in [0.15, 0.2) is 0 Å². The molecular weight excluding hydrogens is 196 g/mol. The Hall–Kier alpha value is -0.350. The summed E-state index contributed by atoms with van der Waals surface area (Å²) in [5, 5.41) is 13.1. The van der Waals surface area contributed by atoms with Gasteiger partial charge in [-0.25, -0.2) is 0 Å². The van der Waals surface area contributed by atoms with Gasteiger partial charge in [-0.15, -0.1) is 0 Å². The highest BCUT2D eigenvalue weighted by molar-refractivity contribution is 9.10. The van der Waals surface area contributed by atoms with Crippen molar-refractivity contribution in [3.8, 4) is 0 Å². The molecule has 1 aromatic heterocycles. The number of nitrogens with zero attached hydrogens (tertiary/aromatic N) is 2. The standard InChI is InChI=1S/C6H9BrN2O/c1-4(10)5-3-6(7)8-9(5)2/h3-4,10H,1-2H3. The first-order valence-electron chi connectivity index (χ1n) is 2.98. The van der Waals surface area contributed by atoms with Crippen molar-refractivity contribution in [2.24, 2.45) is 7.05 Å². The second kappa shape index (κ2) is 2.72. The number of hydrogen-bond donors (Lipinski definition) is 1. The van der Waals surface area contributed by atoms with Crippen LogP contribution in [-0.2, 0) is 7.05 Å². The number of rotatable bonds is 1. The highest BCUT2D eigenvalue weighted by Crippen LogP contribution is 2.15. The minimum absolute atomic E-state index is 0.455. The molecule has 0 amide bonds. The van der Waals surface area contributed by atoms with Crippen LogP contribution < -0.4 is 0 Å². The average Bonchev–Trinajstić information content (AvgIpc) is 2.10. The number of aromatic nitrogens is 2. The third-order valence-corrected chi connectivity index (χ3v) is 1.70. The number of aliphatic hydroxyl groups is 1.